The van der Waals surface area contributed by atoms with Gasteiger partial charge in [0.2, 0.25) is 0 Å². The predicted octanol–water partition coefficient (Wildman–Crippen LogP) is 3.23. The normalized spacial score (nSPS) is 17.4. The van der Waals surface area contributed by atoms with Crippen molar-refractivity contribution in [3.8, 4) is 5.75 Å². The first-order valence-electron chi connectivity index (χ1n) is 8.17. The highest BCUT2D eigenvalue weighted by Crippen LogP contribution is 2.29. The summed E-state index contributed by atoms with van der Waals surface area (Å²) in [5.41, 5.74) is 2.99. The van der Waals surface area contributed by atoms with Crippen molar-refractivity contribution in [3.05, 3.63) is 41.2 Å². The number of morpholine rings is 1. The van der Waals surface area contributed by atoms with Gasteiger partial charge in [-0.05, 0) is 26.0 Å². The first kappa shape index (κ1) is 18.1. The number of nitrogens with one attached hydrogen (secondary N) is 2. The Morgan fingerprint density at radius 3 is 2.96 bits per heavy atom. The number of aryl methyl sites for hydroxylation is 2. The van der Waals surface area contributed by atoms with Crippen molar-refractivity contribution in [2.45, 2.75) is 26.5 Å². The summed E-state index contributed by atoms with van der Waals surface area (Å²) in [6, 6.07) is 5.29. The van der Waals surface area contributed by atoms with Crippen molar-refractivity contribution in [1.29, 1.82) is 0 Å². The number of halogens is 2. The van der Waals surface area contributed by atoms with Crippen molar-refractivity contribution in [2.75, 3.05) is 25.1 Å². The van der Waals surface area contributed by atoms with Crippen LogP contribution in [0.2, 0.25) is 0 Å². The largest absolute Gasteiger partial charge is 0.435 e. The molecule has 0 unspecified atom stereocenters. The summed E-state index contributed by atoms with van der Waals surface area (Å²) in [6.07, 6.45) is 0. The van der Waals surface area contributed by atoms with E-state index in [1.54, 1.807) is 11.0 Å². The van der Waals surface area contributed by atoms with Crippen LogP contribution in [0.15, 0.2) is 24.3 Å². The van der Waals surface area contributed by atoms with E-state index in [2.05, 4.69) is 20.3 Å². The van der Waals surface area contributed by atoms with Crippen LogP contribution >= 0.6 is 0 Å². The van der Waals surface area contributed by atoms with Gasteiger partial charge in [-0.1, -0.05) is 6.07 Å². The monoisotopic (exact) mass is 366 g/mol. The number of carbonyl (C=O) groups is 1. The zero-order chi connectivity index (χ0) is 18.7. The molecule has 7 nitrogen and oxygen atoms in total. The van der Waals surface area contributed by atoms with Crippen LogP contribution in [-0.2, 0) is 4.74 Å². The molecule has 1 atom stereocenters. The highest BCUT2D eigenvalue weighted by molar-refractivity contribution is 5.90. The third-order valence-corrected chi connectivity index (χ3v) is 4.22. The number of benzene rings is 1. The molecule has 0 spiro atoms. The minimum absolute atomic E-state index is 0.0159. The number of ether oxygens (including phenoxy) is 2. The van der Waals surface area contributed by atoms with Gasteiger partial charge in [0.15, 0.2) is 0 Å². The second-order valence-corrected chi connectivity index (χ2v) is 5.97. The zero-order valence-corrected chi connectivity index (χ0v) is 14.5. The number of rotatable bonds is 4. The molecule has 0 radical (unpaired) electrons. The summed E-state index contributed by atoms with van der Waals surface area (Å²) in [4.78, 5) is 14.4. The minimum atomic E-state index is -2.92. The van der Waals surface area contributed by atoms with Gasteiger partial charge in [-0.25, -0.2) is 4.79 Å². The van der Waals surface area contributed by atoms with Crippen LogP contribution < -0.4 is 10.1 Å². The third kappa shape index (κ3) is 3.93. The lowest BCUT2D eigenvalue weighted by Gasteiger charge is -2.36. The molecule has 1 aliphatic heterocycles. The van der Waals surface area contributed by atoms with Crippen LogP contribution in [-0.4, -0.2) is 47.5 Å². The molecule has 9 heteroatoms. The van der Waals surface area contributed by atoms with Crippen molar-refractivity contribution in [2.24, 2.45) is 0 Å². The summed E-state index contributed by atoms with van der Waals surface area (Å²) in [7, 11) is 0. The summed E-state index contributed by atoms with van der Waals surface area (Å²) in [6.45, 7) is 2.04. The number of aromatic nitrogens is 2. The van der Waals surface area contributed by atoms with Crippen LogP contribution in [0.1, 0.15) is 23.0 Å². The fourth-order valence-corrected chi connectivity index (χ4v) is 3.08. The lowest BCUT2D eigenvalue weighted by molar-refractivity contribution is -0.0498. The van der Waals surface area contributed by atoms with E-state index in [1.807, 2.05) is 13.8 Å². The van der Waals surface area contributed by atoms with Crippen LogP contribution in [0.4, 0.5) is 19.3 Å². The van der Waals surface area contributed by atoms with E-state index in [4.69, 9.17) is 4.74 Å². The highest BCUT2D eigenvalue weighted by Gasteiger charge is 2.32. The van der Waals surface area contributed by atoms with Gasteiger partial charge in [0.05, 0.1) is 24.9 Å². The zero-order valence-electron chi connectivity index (χ0n) is 14.5. The topological polar surface area (TPSA) is 79.5 Å². The number of H-pyrrole nitrogens is 1. The van der Waals surface area contributed by atoms with Gasteiger partial charge < -0.3 is 19.7 Å². The minimum Gasteiger partial charge on any atom is -0.435 e. The Morgan fingerprint density at radius 2 is 2.27 bits per heavy atom. The van der Waals surface area contributed by atoms with Gasteiger partial charge in [-0.2, -0.15) is 13.9 Å². The van der Waals surface area contributed by atoms with Crippen LogP contribution in [0.3, 0.4) is 0 Å². The number of hydrogen-bond acceptors (Lipinski definition) is 4. The van der Waals surface area contributed by atoms with Crippen molar-refractivity contribution in [1.82, 2.24) is 15.1 Å². The number of amides is 2. The van der Waals surface area contributed by atoms with E-state index >= 15 is 0 Å². The molecule has 2 N–H and O–H groups in total. The molecule has 1 aliphatic rings. The van der Waals surface area contributed by atoms with Crippen LogP contribution in [0.25, 0.3) is 0 Å². The molecule has 140 valence electrons. The maximum atomic E-state index is 12.8. The van der Waals surface area contributed by atoms with E-state index in [0.29, 0.717) is 25.4 Å². The lowest BCUT2D eigenvalue weighted by atomic mass is 10.0. The average Bonchev–Trinajstić information content (AvgIpc) is 2.93. The first-order valence-corrected chi connectivity index (χ1v) is 8.17. The molecule has 1 aromatic carbocycles. The quantitative estimate of drug-likeness (QED) is 0.871. The van der Waals surface area contributed by atoms with Gasteiger partial charge in [-0.3, -0.25) is 5.10 Å². The molecule has 2 amide bonds. The SMILES string of the molecule is Cc1n[nH]c(C)c1[C@H]1COCCN1C(=O)Nc1cccc(OC(F)F)c1. The second-order valence-electron chi connectivity index (χ2n) is 5.97. The maximum absolute atomic E-state index is 12.8. The number of nitrogens with zero attached hydrogens (tertiary/aromatic N) is 2. The summed E-state index contributed by atoms with van der Waals surface area (Å²) >= 11 is 0. The Balaban J connectivity index is 1.77. The Morgan fingerprint density at radius 1 is 1.46 bits per heavy atom. The molecule has 3 rings (SSSR count). The molecule has 26 heavy (non-hydrogen) atoms. The summed E-state index contributed by atoms with van der Waals surface area (Å²) in [5.74, 6) is -0.0159. The summed E-state index contributed by atoms with van der Waals surface area (Å²) < 4.78 is 34.6. The fourth-order valence-electron chi connectivity index (χ4n) is 3.08. The smallest absolute Gasteiger partial charge is 0.387 e. The third-order valence-electron chi connectivity index (χ3n) is 4.22. The van der Waals surface area contributed by atoms with E-state index < -0.39 is 6.61 Å². The molecular formula is C17H20F2N4O3. The Bertz CT molecular complexity index is 762. The van der Waals surface area contributed by atoms with Crippen molar-refractivity contribution < 1.29 is 23.0 Å². The highest BCUT2D eigenvalue weighted by atomic mass is 19.3. The summed E-state index contributed by atoms with van der Waals surface area (Å²) in [5, 5.41) is 9.83. The second kappa shape index (κ2) is 7.69. The Hall–Kier alpha value is -2.68. The van der Waals surface area contributed by atoms with Gasteiger partial charge in [-0.15, -0.1) is 0 Å². The van der Waals surface area contributed by atoms with Gasteiger partial charge in [0.25, 0.3) is 0 Å². The van der Waals surface area contributed by atoms with Crippen LogP contribution in [0, 0.1) is 13.8 Å². The van der Waals surface area contributed by atoms with Crippen molar-refractivity contribution >= 4 is 11.7 Å². The van der Waals surface area contributed by atoms with Gasteiger partial charge >= 0.3 is 12.6 Å². The molecule has 0 aliphatic carbocycles. The number of urea groups is 1. The molecule has 2 heterocycles. The van der Waals surface area contributed by atoms with E-state index in [0.717, 1.165) is 17.0 Å². The number of carbonyl (C=O) groups excluding carboxylic acids is 1. The lowest BCUT2D eigenvalue weighted by Crippen LogP contribution is -2.45. The number of hydrogen-bond donors (Lipinski definition) is 2. The standard InChI is InChI=1S/C17H20F2N4O3/c1-10-15(11(2)22-21-10)14-9-25-7-6-23(14)17(24)20-12-4-3-5-13(8-12)26-16(18)19/h3-5,8,14,16H,6-7,9H2,1-2H3,(H,20,24)(H,21,22)/t14-/m1/s1. The molecule has 0 bridgehead atoms. The predicted molar refractivity (Wildman–Crippen MR) is 90.4 cm³/mol. The molecular weight excluding hydrogens is 346 g/mol. The fraction of sp³-hybridized carbons (Fsp3) is 0.412. The molecule has 1 saturated heterocycles. The average molecular weight is 366 g/mol. The molecule has 2 aromatic rings. The van der Waals surface area contributed by atoms with E-state index in [1.165, 1.54) is 18.2 Å². The maximum Gasteiger partial charge on any atom is 0.387 e. The van der Waals surface area contributed by atoms with Crippen molar-refractivity contribution in [3.63, 3.8) is 0 Å². The number of alkyl halides is 2. The van der Waals surface area contributed by atoms with E-state index in [-0.39, 0.29) is 17.8 Å². The van der Waals surface area contributed by atoms with Gasteiger partial charge in [0, 0.05) is 29.6 Å². The van der Waals surface area contributed by atoms with Crippen LogP contribution in [0.5, 0.6) is 5.75 Å². The number of anilines is 1. The number of aromatic amines is 1. The molecule has 1 aromatic heterocycles. The Kier molecular flexibility index (Phi) is 5.36. The molecule has 0 saturated carbocycles. The molecule has 1 fully saturated rings. The van der Waals surface area contributed by atoms with E-state index in [9.17, 15) is 13.6 Å². The Labute approximate surface area is 149 Å². The van der Waals surface area contributed by atoms with Gasteiger partial charge in [0.1, 0.15) is 5.75 Å². The first-order chi connectivity index (χ1) is 12.5.